The molecule has 0 atom stereocenters. The number of aryl methyl sites for hydroxylation is 1. The van der Waals surface area contributed by atoms with Crippen LogP contribution in [0.4, 0.5) is 0 Å². The number of rotatable bonds is 4. The molecule has 0 unspecified atom stereocenters. The predicted octanol–water partition coefficient (Wildman–Crippen LogP) is 3.31. The molecule has 0 radical (unpaired) electrons. The number of carbonyl (C=O) groups is 1. The third-order valence-corrected chi connectivity index (χ3v) is 4.81. The van der Waals surface area contributed by atoms with Crippen molar-refractivity contribution < 1.29 is 9.90 Å². The zero-order chi connectivity index (χ0) is 20.5. The highest BCUT2D eigenvalue weighted by Crippen LogP contribution is 2.26. The maximum Gasteiger partial charge on any atom is 0.266 e. The molecule has 7 nitrogen and oxygen atoms in total. The molecule has 0 aliphatic rings. The SMILES string of the molecule is Cc1cccc(-n2ncc3c(O)c(C(=O)NCc4ccc(Cl)cc4)c(=O)[nH]c32)c1. The summed E-state index contributed by atoms with van der Waals surface area (Å²) in [6.45, 7) is 2.13. The van der Waals surface area contributed by atoms with Gasteiger partial charge in [0.15, 0.2) is 0 Å². The van der Waals surface area contributed by atoms with Gasteiger partial charge in [0.1, 0.15) is 17.0 Å². The van der Waals surface area contributed by atoms with Crippen LogP contribution >= 0.6 is 11.6 Å². The number of carbonyl (C=O) groups excluding carboxylic acids is 1. The third kappa shape index (κ3) is 3.60. The van der Waals surface area contributed by atoms with Crippen LogP contribution in [0.2, 0.25) is 5.02 Å². The summed E-state index contributed by atoms with van der Waals surface area (Å²) in [5.74, 6) is -1.08. The van der Waals surface area contributed by atoms with Gasteiger partial charge in [0, 0.05) is 11.6 Å². The summed E-state index contributed by atoms with van der Waals surface area (Å²) in [5, 5.41) is 18.4. The minimum absolute atomic E-state index is 0.190. The Bertz CT molecular complexity index is 1280. The minimum atomic E-state index is -0.696. The number of aromatic amines is 1. The van der Waals surface area contributed by atoms with E-state index in [0.717, 1.165) is 16.8 Å². The Morgan fingerprint density at radius 2 is 2.00 bits per heavy atom. The first kappa shape index (κ1) is 18.8. The largest absolute Gasteiger partial charge is 0.506 e. The van der Waals surface area contributed by atoms with Gasteiger partial charge in [0.2, 0.25) is 0 Å². The molecule has 0 bridgehead atoms. The number of aromatic hydroxyl groups is 1. The lowest BCUT2D eigenvalue weighted by Gasteiger charge is -2.08. The van der Waals surface area contributed by atoms with E-state index in [4.69, 9.17) is 11.6 Å². The summed E-state index contributed by atoms with van der Waals surface area (Å²) in [6, 6.07) is 14.5. The number of halogens is 1. The number of H-pyrrole nitrogens is 1. The average Bonchev–Trinajstić information content (AvgIpc) is 3.11. The number of nitrogens with zero attached hydrogens (tertiary/aromatic N) is 2. The molecular weight excluding hydrogens is 392 g/mol. The number of fused-ring (bicyclic) bond motifs is 1. The van der Waals surface area contributed by atoms with Gasteiger partial charge in [-0.15, -0.1) is 0 Å². The Kier molecular flexibility index (Phi) is 4.82. The van der Waals surface area contributed by atoms with Crippen LogP contribution in [0.5, 0.6) is 5.75 Å². The van der Waals surface area contributed by atoms with Crippen molar-refractivity contribution in [2.75, 3.05) is 0 Å². The van der Waals surface area contributed by atoms with Crippen molar-refractivity contribution >= 4 is 28.5 Å². The average molecular weight is 409 g/mol. The van der Waals surface area contributed by atoms with Crippen molar-refractivity contribution in [1.82, 2.24) is 20.1 Å². The molecule has 0 saturated carbocycles. The summed E-state index contributed by atoms with van der Waals surface area (Å²) < 4.78 is 1.51. The van der Waals surface area contributed by atoms with Crippen LogP contribution in [0.15, 0.2) is 59.5 Å². The maximum atomic E-state index is 12.6. The monoisotopic (exact) mass is 408 g/mol. The standard InChI is InChI=1S/C21H17ClN4O3/c1-12-3-2-4-15(9-12)26-19-16(11-24-26)18(27)17(21(29)25-19)20(28)23-10-13-5-7-14(22)8-6-13/h2-9,11H,10H2,1H3,(H,23,28)(H2,25,27,29). The highest BCUT2D eigenvalue weighted by atomic mass is 35.5. The summed E-state index contributed by atoms with van der Waals surface area (Å²) in [4.78, 5) is 27.8. The highest BCUT2D eigenvalue weighted by molar-refractivity contribution is 6.30. The van der Waals surface area contributed by atoms with E-state index in [1.165, 1.54) is 10.9 Å². The van der Waals surface area contributed by atoms with E-state index in [0.29, 0.717) is 10.7 Å². The van der Waals surface area contributed by atoms with Gasteiger partial charge >= 0.3 is 0 Å². The van der Waals surface area contributed by atoms with E-state index >= 15 is 0 Å². The molecule has 0 aliphatic carbocycles. The maximum absolute atomic E-state index is 12.6. The lowest BCUT2D eigenvalue weighted by Crippen LogP contribution is -2.29. The van der Waals surface area contributed by atoms with E-state index in [-0.39, 0.29) is 17.5 Å². The van der Waals surface area contributed by atoms with Crippen LogP contribution in [0.25, 0.3) is 16.7 Å². The number of nitrogens with one attached hydrogen (secondary N) is 2. The van der Waals surface area contributed by atoms with E-state index in [1.54, 1.807) is 24.3 Å². The Labute approximate surface area is 170 Å². The lowest BCUT2D eigenvalue weighted by atomic mass is 10.1. The number of pyridine rings is 1. The van der Waals surface area contributed by atoms with Crippen LogP contribution in [0.1, 0.15) is 21.5 Å². The van der Waals surface area contributed by atoms with Crippen molar-refractivity contribution in [3.63, 3.8) is 0 Å². The number of benzene rings is 2. The molecule has 146 valence electrons. The fourth-order valence-electron chi connectivity index (χ4n) is 3.09. The van der Waals surface area contributed by atoms with Gasteiger partial charge in [0.05, 0.1) is 17.3 Å². The van der Waals surface area contributed by atoms with Crippen molar-refractivity contribution in [3.05, 3.63) is 86.8 Å². The quantitative estimate of drug-likeness (QED) is 0.482. The normalized spacial score (nSPS) is 11.0. The molecule has 8 heteroatoms. The molecular formula is C21H17ClN4O3. The fraction of sp³-hybridized carbons (Fsp3) is 0.0952. The van der Waals surface area contributed by atoms with Crippen LogP contribution in [0, 0.1) is 6.92 Å². The van der Waals surface area contributed by atoms with Crippen LogP contribution in [-0.2, 0) is 6.54 Å². The summed E-state index contributed by atoms with van der Waals surface area (Å²) in [7, 11) is 0. The summed E-state index contributed by atoms with van der Waals surface area (Å²) in [6.07, 6.45) is 1.42. The lowest BCUT2D eigenvalue weighted by molar-refractivity contribution is 0.0947. The Morgan fingerprint density at radius 3 is 2.72 bits per heavy atom. The number of hydrogen-bond donors (Lipinski definition) is 3. The second kappa shape index (κ2) is 7.44. The van der Waals surface area contributed by atoms with Gasteiger partial charge in [-0.1, -0.05) is 35.9 Å². The molecule has 4 aromatic rings. The Balaban J connectivity index is 1.68. The van der Waals surface area contributed by atoms with Crippen molar-refractivity contribution in [3.8, 4) is 11.4 Å². The first-order valence-electron chi connectivity index (χ1n) is 8.86. The summed E-state index contributed by atoms with van der Waals surface area (Å²) >= 11 is 5.85. The van der Waals surface area contributed by atoms with Crippen LogP contribution < -0.4 is 10.9 Å². The van der Waals surface area contributed by atoms with E-state index in [1.807, 2.05) is 31.2 Å². The molecule has 2 heterocycles. The van der Waals surface area contributed by atoms with E-state index in [2.05, 4.69) is 15.4 Å². The van der Waals surface area contributed by atoms with Crippen LogP contribution in [-0.4, -0.2) is 25.8 Å². The molecule has 0 aliphatic heterocycles. The Morgan fingerprint density at radius 1 is 1.24 bits per heavy atom. The van der Waals surface area contributed by atoms with Crippen molar-refractivity contribution in [2.24, 2.45) is 0 Å². The molecule has 3 N–H and O–H groups in total. The number of amides is 1. The smallest absolute Gasteiger partial charge is 0.266 e. The second-order valence-electron chi connectivity index (χ2n) is 6.64. The zero-order valence-electron chi connectivity index (χ0n) is 15.4. The molecule has 2 aromatic heterocycles. The molecule has 2 aromatic carbocycles. The molecule has 0 saturated heterocycles. The topological polar surface area (TPSA) is 100 Å². The van der Waals surface area contributed by atoms with E-state index < -0.39 is 17.2 Å². The minimum Gasteiger partial charge on any atom is -0.506 e. The first-order valence-corrected chi connectivity index (χ1v) is 9.24. The highest BCUT2D eigenvalue weighted by Gasteiger charge is 2.21. The summed E-state index contributed by atoms with van der Waals surface area (Å²) in [5.41, 5.74) is 1.83. The van der Waals surface area contributed by atoms with Gasteiger partial charge in [-0.2, -0.15) is 5.10 Å². The molecule has 29 heavy (non-hydrogen) atoms. The van der Waals surface area contributed by atoms with Gasteiger partial charge in [-0.25, -0.2) is 4.68 Å². The molecule has 0 spiro atoms. The van der Waals surface area contributed by atoms with Gasteiger partial charge in [-0.05, 0) is 42.3 Å². The zero-order valence-corrected chi connectivity index (χ0v) is 16.2. The van der Waals surface area contributed by atoms with Gasteiger partial charge < -0.3 is 15.4 Å². The van der Waals surface area contributed by atoms with E-state index in [9.17, 15) is 14.7 Å². The fourth-order valence-corrected chi connectivity index (χ4v) is 3.22. The Hall–Kier alpha value is -3.58. The van der Waals surface area contributed by atoms with Gasteiger partial charge in [0.25, 0.3) is 11.5 Å². The van der Waals surface area contributed by atoms with Crippen molar-refractivity contribution in [1.29, 1.82) is 0 Å². The van der Waals surface area contributed by atoms with Crippen molar-refractivity contribution in [2.45, 2.75) is 13.5 Å². The van der Waals surface area contributed by atoms with Crippen LogP contribution in [0.3, 0.4) is 0 Å². The number of hydrogen-bond acceptors (Lipinski definition) is 4. The number of aromatic nitrogens is 3. The molecule has 0 fully saturated rings. The third-order valence-electron chi connectivity index (χ3n) is 4.56. The van der Waals surface area contributed by atoms with Gasteiger partial charge in [-0.3, -0.25) is 9.59 Å². The first-order chi connectivity index (χ1) is 13.9. The predicted molar refractivity (Wildman–Crippen MR) is 111 cm³/mol. The molecule has 1 amide bonds. The molecule has 4 rings (SSSR count). The second-order valence-corrected chi connectivity index (χ2v) is 7.08.